The highest BCUT2D eigenvalue weighted by Gasteiger charge is 2.18. The fourth-order valence-corrected chi connectivity index (χ4v) is 1.36. The molecule has 0 amide bonds. The minimum atomic E-state index is -0.880. The molecule has 88 valence electrons. The first-order chi connectivity index (χ1) is 7.51. The van der Waals surface area contributed by atoms with Crippen LogP contribution in [0.4, 0.5) is 0 Å². The molecule has 0 spiro atoms. The number of hydrogen-bond donors (Lipinski definition) is 2. The van der Waals surface area contributed by atoms with Crippen LogP contribution in [0.1, 0.15) is 28.9 Å². The van der Waals surface area contributed by atoms with Gasteiger partial charge in [-0.15, -0.1) is 0 Å². The maximum absolute atomic E-state index is 11.4. The molecule has 1 rings (SSSR count). The molecule has 0 radical (unpaired) electrons. The van der Waals surface area contributed by atoms with E-state index in [4.69, 9.17) is 4.74 Å². The van der Waals surface area contributed by atoms with Crippen molar-refractivity contribution in [3.05, 3.63) is 23.3 Å². The van der Waals surface area contributed by atoms with E-state index in [1.54, 1.807) is 0 Å². The number of esters is 1. The fraction of sp³-hybridized carbons (Fsp3) is 0.364. The molecule has 0 aromatic heterocycles. The van der Waals surface area contributed by atoms with Crippen molar-refractivity contribution in [3.8, 4) is 11.5 Å². The van der Waals surface area contributed by atoms with Gasteiger partial charge in [0, 0.05) is 11.6 Å². The van der Waals surface area contributed by atoms with Gasteiger partial charge in [-0.3, -0.25) is 0 Å². The van der Waals surface area contributed by atoms with Gasteiger partial charge in [0.2, 0.25) is 0 Å². The summed E-state index contributed by atoms with van der Waals surface area (Å²) in [5.74, 6) is -0.507. The number of rotatable bonds is 3. The molecule has 1 aromatic carbocycles. The number of phenols is 1. The number of methoxy groups -OCH3 is 2. The second-order valence-corrected chi connectivity index (χ2v) is 3.28. The molecule has 0 bridgehead atoms. The van der Waals surface area contributed by atoms with Gasteiger partial charge >= 0.3 is 5.97 Å². The Balaban J connectivity index is 3.34. The molecule has 0 saturated heterocycles. The third-order valence-electron chi connectivity index (χ3n) is 2.20. The van der Waals surface area contributed by atoms with Crippen molar-refractivity contribution in [3.63, 3.8) is 0 Å². The van der Waals surface area contributed by atoms with Crippen molar-refractivity contribution in [2.45, 2.75) is 13.0 Å². The van der Waals surface area contributed by atoms with Crippen LogP contribution < -0.4 is 4.74 Å². The first kappa shape index (κ1) is 12.3. The maximum Gasteiger partial charge on any atom is 0.341 e. The van der Waals surface area contributed by atoms with Gasteiger partial charge in [-0.25, -0.2) is 4.79 Å². The van der Waals surface area contributed by atoms with E-state index < -0.39 is 12.1 Å². The van der Waals surface area contributed by atoms with Gasteiger partial charge in [0.15, 0.2) is 0 Å². The van der Waals surface area contributed by atoms with Crippen molar-refractivity contribution in [2.75, 3.05) is 14.2 Å². The molecule has 0 aliphatic carbocycles. The zero-order valence-electron chi connectivity index (χ0n) is 9.35. The Morgan fingerprint density at radius 3 is 2.44 bits per heavy atom. The number of carbonyl (C=O) groups excluding carboxylic acids is 1. The second kappa shape index (κ2) is 4.85. The lowest BCUT2D eigenvalue weighted by Crippen LogP contribution is -2.06. The minimum Gasteiger partial charge on any atom is -0.507 e. The van der Waals surface area contributed by atoms with Gasteiger partial charge in [-0.05, 0) is 13.0 Å². The summed E-state index contributed by atoms with van der Waals surface area (Å²) in [6.45, 7) is 1.49. The van der Waals surface area contributed by atoms with Gasteiger partial charge < -0.3 is 19.7 Å². The molecule has 16 heavy (non-hydrogen) atoms. The van der Waals surface area contributed by atoms with E-state index in [1.165, 1.54) is 33.3 Å². The summed E-state index contributed by atoms with van der Waals surface area (Å²) in [6.07, 6.45) is -0.880. The normalized spacial score (nSPS) is 12.0. The average Bonchev–Trinajstić information content (AvgIpc) is 2.27. The van der Waals surface area contributed by atoms with E-state index in [2.05, 4.69) is 4.74 Å². The third-order valence-corrected chi connectivity index (χ3v) is 2.20. The lowest BCUT2D eigenvalue weighted by molar-refractivity contribution is 0.0596. The molecule has 5 nitrogen and oxygen atoms in total. The summed E-state index contributed by atoms with van der Waals surface area (Å²) in [6, 6.07) is 2.62. The molecular weight excluding hydrogens is 212 g/mol. The van der Waals surface area contributed by atoms with Crippen LogP contribution in [0.15, 0.2) is 12.1 Å². The molecule has 5 heteroatoms. The van der Waals surface area contributed by atoms with Crippen molar-refractivity contribution in [1.82, 2.24) is 0 Å². The van der Waals surface area contributed by atoms with Gasteiger partial charge in [0.05, 0.1) is 20.3 Å². The molecule has 1 aromatic rings. The average molecular weight is 226 g/mol. The van der Waals surface area contributed by atoms with Crippen molar-refractivity contribution < 1.29 is 24.5 Å². The van der Waals surface area contributed by atoms with Gasteiger partial charge in [-0.1, -0.05) is 0 Å². The Hall–Kier alpha value is -1.75. The molecule has 0 heterocycles. The van der Waals surface area contributed by atoms with Crippen LogP contribution >= 0.6 is 0 Å². The molecule has 0 aliphatic rings. The molecular formula is C11H14O5. The lowest BCUT2D eigenvalue weighted by atomic mass is 10.0. The molecule has 0 fully saturated rings. The number of aliphatic hydroxyl groups excluding tert-OH is 1. The predicted octanol–water partition coefficient (Wildman–Crippen LogP) is 1.24. The largest absolute Gasteiger partial charge is 0.507 e. The number of ether oxygens (including phenoxy) is 2. The second-order valence-electron chi connectivity index (χ2n) is 3.28. The SMILES string of the molecule is COC(=O)c1cc(C(C)O)c(O)cc1OC. The van der Waals surface area contributed by atoms with Crippen LogP contribution in [0.5, 0.6) is 11.5 Å². The number of phenolic OH excluding ortho intramolecular Hbond substituents is 1. The van der Waals surface area contributed by atoms with E-state index in [-0.39, 0.29) is 22.6 Å². The van der Waals surface area contributed by atoms with Gasteiger partial charge in [0.1, 0.15) is 17.1 Å². The number of hydrogen-bond acceptors (Lipinski definition) is 5. The summed E-state index contributed by atoms with van der Waals surface area (Å²) in [5, 5.41) is 19.0. The number of aromatic hydroxyl groups is 1. The van der Waals surface area contributed by atoms with Crippen molar-refractivity contribution in [1.29, 1.82) is 0 Å². The molecule has 0 saturated carbocycles. The number of benzene rings is 1. The quantitative estimate of drug-likeness (QED) is 0.758. The molecule has 1 atom stereocenters. The topological polar surface area (TPSA) is 76.0 Å². The molecule has 1 unspecified atom stereocenters. The zero-order valence-corrected chi connectivity index (χ0v) is 9.35. The Morgan fingerprint density at radius 1 is 1.38 bits per heavy atom. The Bertz CT molecular complexity index is 398. The summed E-state index contributed by atoms with van der Waals surface area (Å²) < 4.78 is 9.51. The van der Waals surface area contributed by atoms with Gasteiger partial charge in [0.25, 0.3) is 0 Å². The first-order valence-corrected chi connectivity index (χ1v) is 4.68. The molecule has 0 aliphatic heterocycles. The van der Waals surface area contributed by atoms with E-state index in [1.807, 2.05) is 0 Å². The Labute approximate surface area is 93.2 Å². The predicted molar refractivity (Wildman–Crippen MR) is 56.6 cm³/mol. The lowest BCUT2D eigenvalue weighted by Gasteiger charge is -2.12. The fourth-order valence-electron chi connectivity index (χ4n) is 1.36. The number of carbonyl (C=O) groups is 1. The summed E-state index contributed by atoms with van der Waals surface area (Å²) in [4.78, 5) is 11.4. The number of aliphatic hydroxyl groups is 1. The maximum atomic E-state index is 11.4. The van der Waals surface area contributed by atoms with Crippen LogP contribution in [0.25, 0.3) is 0 Å². The van der Waals surface area contributed by atoms with Gasteiger partial charge in [-0.2, -0.15) is 0 Å². The van der Waals surface area contributed by atoms with Crippen LogP contribution in [-0.4, -0.2) is 30.4 Å². The van der Waals surface area contributed by atoms with E-state index in [0.29, 0.717) is 0 Å². The van der Waals surface area contributed by atoms with E-state index >= 15 is 0 Å². The van der Waals surface area contributed by atoms with Crippen molar-refractivity contribution in [2.24, 2.45) is 0 Å². The third kappa shape index (κ3) is 2.25. The minimum absolute atomic E-state index is 0.125. The zero-order chi connectivity index (χ0) is 12.3. The highest BCUT2D eigenvalue weighted by Crippen LogP contribution is 2.32. The first-order valence-electron chi connectivity index (χ1n) is 4.68. The highest BCUT2D eigenvalue weighted by atomic mass is 16.5. The van der Waals surface area contributed by atoms with Crippen LogP contribution in [0, 0.1) is 0 Å². The summed E-state index contributed by atoms with van der Waals surface area (Å²) >= 11 is 0. The van der Waals surface area contributed by atoms with Crippen LogP contribution in [0.3, 0.4) is 0 Å². The highest BCUT2D eigenvalue weighted by molar-refractivity contribution is 5.93. The van der Waals surface area contributed by atoms with E-state index in [9.17, 15) is 15.0 Å². The van der Waals surface area contributed by atoms with Crippen LogP contribution in [-0.2, 0) is 4.74 Å². The Morgan fingerprint density at radius 2 is 2.00 bits per heavy atom. The smallest absolute Gasteiger partial charge is 0.341 e. The van der Waals surface area contributed by atoms with Crippen molar-refractivity contribution >= 4 is 5.97 Å². The monoisotopic (exact) mass is 226 g/mol. The summed E-state index contributed by atoms with van der Waals surface area (Å²) in [7, 11) is 2.62. The standard InChI is InChI=1S/C11H14O5/c1-6(12)7-4-8(11(14)16-3)10(15-2)5-9(7)13/h4-6,12-13H,1-3H3. The van der Waals surface area contributed by atoms with Crippen LogP contribution in [0.2, 0.25) is 0 Å². The Kier molecular flexibility index (Phi) is 3.73. The molecule has 2 N–H and O–H groups in total. The summed E-state index contributed by atoms with van der Waals surface area (Å²) in [5.41, 5.74) is 0.417. The van der Waals surface area contributed by atoms with E-state index in [0.717, 1.165) is 0 Å².